The van der Waals surface area contributed by atoms with E-state index in [1.165, 1.54) is 11.1 Å². The van der Waals surface area contributed by atoms with Gasteiger partial charge >= 0.3 is 0 Å². The largest absolute Gasteiger partial charge is 0.289 e. The first-order valence-corrected chi connectivity index (χ1v) is 7.15. The van der Waals surface area contributed by atoms with Gasteiger partial charge in [-0.25, -0.2) is 5.43 Å². The fourth-order valence-electron chi connectivity index (χ4n) is 2.69. The van der Waals surface area contributed by atoms with E-state index in [9.17, 15) is 4.79 Å². The van der Waals surface area contributed by atoms with E-state index in [1.54, 1.807) is 0 Å². The molecular weight excluding hydrogens is 262 g/mol. The van der Waals surface area contributed by atoms with Crippen LogP contribution in [0.25, 0.3) is 0 Å². The maximum absolute atomic E-state index is 11.4. The number of hydrazine groups is 1. The molecule has 3 N–H and O–H groups in total. The Balaban J connectivity index is 1.82. The Kier molecular flexibility index (Phi) is 3.99. The summed E-state index contributed by atoms with van der Waals surface area (Å²) in [6.45, 7) is 0.326. The van der Waals surface area contributed by atoms with Gasteiger partial charge in [0.25, 0.3) is 0 Å². The Labute approximate surface area is 124 Å². The molecule has 1 heterocycles. The molecule has 4 heteroatoms. The average Bonchev–Trinajstić information content (AvgIpc) is 2.52. The van der Waals surface area contributed by atoms with Crippen LogP contribution in [0.15, 0.2) is 60.7 Å². The molecule has 0 unspecified atom stereocenters. The van der Waals surface area contributed by atoms with Crippen LogP contribution in [-0.2, 0) is 17.6 Å². The molecule has 1 aliphatic rings. The summed E-state index contributed by atoms with van der Waals surface area (Å²) in [5.74, 6) is -0.0354. The van der Waals surface area contributed by atoms with Crippen molar-refractivity contribution in [3.63, 3.8) is 0 Å². The van der Waals surface area contributed by atoms with Crippen molar-refractivity contribution in [3.05, 3.63) is 71.8 Å². The minimum absolute atomic E-state index is 0.0354. The molecule has 0 saturated carbocycles. The van der Waals surface area contributed by atoms with Crippen molar-refractivity contribution in [3.8, 4) is 0 Å². The molecule has 1 fully saturated rings. The maximum Gasteiger partial charge on any atom is 0.248 e. The lowest BCUT2D eigenvalue weighted by Crippen LogP contribution is -2.71. The molecule has 1 aliphatic heterocycles. The lowest BCUT2D eigenvalue weighted by molar-refractivity contribution is -0.125. The summed E-state index contributed by atoms with van der Waals surface area (Å²) >= 11 is 0. The van der Waals surface area contributed by atoms with E-state index < -0.39 is 0 Å². The molecule has 1 amide bonds. The number of benzene rings is 2. The van der Waals surface area contributed by atoms with Gasteiger partial charge in [0.05, 0.1) is 12.2 Å². The van der Waals surface area contributed by atoms with Gasteiger partial charge in [0.1, 0.15) is 0 Å². The monoisotopic (exact) mass is 281 g/mol. The SMILES string of the molecule is O=C1CNC(Cc2ccccc2)(Cc2ccccc2)NN1. The number of amides is 1. The number of rotatable bonds is 4. The van der Waals surface area contributed by atoms with Crippen LogP contribution < -0.4 is 16.2 Å². The highest BCUT2D eigenvalue weighted by molar-refractivity contribution is 5.78. The Morgan fingerprint density at radius 1 is 0.857 bits per heavy atom. The third-order valence-electron chi connectivity index (χ3n) is 3.73. The van der Waals surface area contributed by atoms with Gasteiger partial charge in [-0.05, 0) is 11.1 Å². The lowest BCUT2D eigenvalue weighted by atomic mass is 9.92. The second kappa shape index (κ2) is 6.08. The first-order valence-electron chi connectivity index (χ1n) is 7.15. The van der Waals surface area contributed by atoms with Gasteiger partial charge in [-0.15, -0.1) is 0 Å². The van der Waals surface area contributed by atoms with Crippen molar-refractivity contribution >= 4 is 5.91 Å². The predicted octanol–water partition coefficient (Wildman–Crippen LogP) is 1.39. The third-order valence-corrected chi connectivity index (χ3v) is 3.73. The van der Waals surface area contributed by atoms with Gasteiger partial charge in [0, 0.05) is 12.8 Å². The highest BCUT2D eigenvalue weighted by Crippen LogP contribution is 2.18. The summed E-state index contributed by atoms with van der Waals surface area (Å²) in [5, 5.41) is 3.36. The summed E-state index contributed by atoms with van der Waals surface area (Å²) in [5.41, 5.74) is 8.02. The van der Waals surface area contributed by atoms with Crippen LogP contribution in [0.3, 0.4) is 0 Å². The highest BCUT2D eigenvalue weighted by atomic mass is 16.2. The zero-order chi connectivity index (χ0) is 14.5. The van der Waals surface area contributed by atoms with Crippen LogP contribution in [0.5, 0.6) is 0 Å². The van der Waals surface area contributed by atoms with Gasteiger partial charge in [0.15, 0.2) is 0 Å². The van der Waals surface area contributed by atoms with Crippen LogP contribution in [0.4, 0.5) is 0 Å². The number of carbonyl (C=O) groups is 1. The molecular formula is C17H19N3O. The number of carbonyl (C=O) groups excluding carboxylic acids is 1. The van der Waals surface area contributed by atoms with Crippen molar-refractivity contribution in [1.82, 2.24) is 16.2 Å². The molecule has 0 aliphatic carbocycles. The summed E-state index contributed by atoms with van der Waals surface area (Å²) in [4.78, 5) is 11.4. The van der Waals surface area contributed by atoms with E-state index in [-0.39, 0.29) is 11.6 Å². The topological polar surface area (TPSA) is 53.2 Å². The quantitative estimate of drug-likeness (QED) is 0.794. The third kappa shape index (κ3) is 3.48. The highest BCUT2D eigenvalue weighted by Gasteiger charge is 2.34. The minimum Gasteiger partial charge on any atom is -0.289 e. The number of hydrogen-bond donors (Lipinski definition) is 3. The predicted molar refractivity (Wildman–Crippen MR) is 82.3 cm³/mol. The van der Waals surface area contributed by atoms with Crippen LogP contribution in [0.1, 0.15) is 11.1 Å². The molecule has 3 rings (SSSR count). The molecule has 0 radical (unpaired) electrons. The van der Waals surface area contributed by atoms with E-state index in [2.05, 4.69) is 40.4 Å². The second-order valence-electron chi connectivity index (χ2n) is 5.43. The molecule has 0 bridgehead atoms. The summed E-state index contributed by atoms with van der Waals surface area (Å²) < 4.78 is 0. The van der Waals surface area contributed by atoms with Crippen LogP contribution in [0, 0.1) is 0 Å². The maximum atomic E-state index is 11.4. The van der Waals surface area contributed by atoms with E-state index in [0.717, 1.165) is 12.8 Å². The first kappa shape index (κ1) is 13.8. The van der Waals surface area contributed by atoms with Crippen molar-refractivity contribution in [2.45, 2.75) is 18.5 Å². The van der Waals surface area contributed by atoms with Crippen LogP contribution in [-0.4, -0.2) is 18.1 Å². The zero-order valence-electron chi connectivity index (χ0n) is 11.8. The smallest absolute Gasteiger partial charge is 0.248 e. The van der Waals surface area contributed by atoms with E-state index in [0.29, 0.717) is 6.54 Å². The Hall–Kier alpha value is -2.17. The van der Waals surface area contributed by atoms with Gasteiger partial charge in [-0.3, -0.25) is 15.5 Å². The van der Waals surface area contributed by atoms with Gasteiger partial charge in [0.2, 0.25) is 5.91 Å². The molecule has 2 aromatic carbocycles. The minimum atomic E-state index is -0.364. The molecule has 0 atom stereocenters. The Bertz CT molecular complexity index is 544. The fraction of sp³-hybridized carbons (Fsp3) is 0.235. The van der Waals surface area contributed by atoms with E-state index in [4.69, 9.17) is 0 Å². The van der Waals surface area contributed by atoms with E-state index >= 15 is 0 Å². The Morgan fingerprint density at radius 3 is 1.81 bits per heavy atom. The van der Waals surface area contributed by atoms with Gasteiger partial charge in [-0.1, -0.05) is 60.7 Å². The van der Waals surface area contributed by atoms with Crippen LogP contribution in [0.2, 0.25) is 0 Å². The molecule has 0 spiro atoms. The molecule has 108 valence electrons. The first-order chi connectivity index (χ1) is 10.3. The molecule has 1 saturated heterocycles. The van der Waals surface area contributed by atoms with Gasteiger partial charge < -0.3 is 0 Å². The summed E-state index contributed by atoms with van der Waals surface area (Å²) in [7, 11) is 0. The number of nitrogens with one attached hydrogen (secondary N) is 3. The molecule has 0 aromatic heterocycles. The Morgan fingerprint density at radius 2 is 1.38 bits per heavy atom. The normalized spacial score (nSPS) is 17.2. The second-order valence-corrected chi connectivity index (χ2v) is 5.43. The zero-order valence-corrected chi connectivity index (χ0v) is 11.8. The molecule has 4 nitrogen and oxygen atoms in total. The van der Waals surface area contributed by atoms with Crippen molar-refractivity contribution < 1.29 is 4.79 Å². The van der Waals surface area contributed by atoms with Crippen LogP contribution >= 0.6 is 0 Å². The lowest BCUT2D eigenvalue weighted by Gasteiger charge is -2.39. The standard InChI is InChI=1S/C17H19N3O/c21-16-13-18-17(20-19-16,11-14-7-3-1-4-8-14)12-15-9-5-2-6-10-15/h1-10,18,20H,11-13H2,(H,19,21). The average molecular weight is 281 g/mol. The summed E-state index contributed by atoms with van der Waals surface area (Å²) in [6, 6.07) is 20.6. The van der Waals surface area contributed by atoms with E-state index in [1.807, 2.05) is 36.4 Å². The van der Waals surface area contributed by atoms with Crippen molar-refractivity contribution in [2.75, 3.05) is 6.54 Å². The fourth-order valence-corrected chi connectivity index (χ4v) is 2.69. The summed E-state index contributed by atoms with van der Waals surface area (Å²) in [6.07, 6.45) is 1.59. The molecule has 2 aromatic rings. The number of hydrogen-bond acceptors (Lipinski definition) is 3. The van der Waals surface area contributed by atoms with Crippen molar-refractivity contribution in [2.24, 2.45) is 0 Å². The van der Waals surface area contributed by atoms with Crippen molar-refractivity contribution in [1.29, 1.82) is 0 Å². The molecule has 21 heavy (non-hydrogen) atoms. The van der Waals surface area contributed by atoms with Gasteiger partial charge in [-0.2, -0.15) is 0 Å².